The average molecular weight is 500 g/mol. The van der Waals surface area contributed by atoms with Crippen LogP contribution in [0, 0.1) is 0 Å². The first-order valence-corrected chi connectivity index (χ1v) is 12.0. The number of rotatable bonds is 4. The summed E-state index contributed by atoms with van der Waals surface area (Å²) < 4.78 is 19.0. The van der Waals surface area contributed by atoms with Gasteiger partial charge in [0, 0.05) is 35.8 Å². The zero-order valence-corrected chi connectivity index (χ0v) is 21.6. The first-order chi connectivity index (χ1) is 17.7. The predicted molar refractivity (Wildman–Crippen MR) is 141 cm³/mol. The summed E-state index contributed by atoms with van der Waals surface area (Å²) in [6, 6.07) is 13.8. The molecule has 0 unspecified atom stereocenters. The quantitative estimate of drug-likeness (QED) is 0.378. The Labute approximate surface area is 215 Å². The molecule has 0 aliphatic carbocycles. The largest absolute Gasteiger partial charge is 0.496 e. The van der Waals surface area contributed by atoms with Crippen molar-refractivity contribution in [3.8, 4) is 28.3 Å². The summed E-state index contributed by atoms with van der Waals surface area (Å²) >= 11 is 0. The first-order valence-electron chi connectivity index (χ1n) is 12.0. The zero-order valence-electron chi connectivity index (χ0n) is 21.6. The fourth-order valence-electron chi connectivity index (χ4n) is 4.24. The molecule has 0 saturated heterocycles. The van der Waals surface area contributed by atoms with E-state index in [1.165, 1.54) is 4.90 Å². The fourth-order valence-corrected chi connectivity index (χ4v) is 4.24. The van der Waals surface area contributed by atoms with E-state index in [1.807, 2.05) is 76.5 Å². The highest BCUT2D eigenvalue weighted by atomic mass is 16.6. The molecule has 190 valence electrons. The molecule has 0 atom stereocenters. The van der Waals surface area contributed by atoms with Gasteiger partial charge < -0.3 is 14.2 Å². The number of fused-ring (bicyclic) bond motifs is 1. The second-order valence-corrected chi connectivity index (χ2v) is 9.74. The summed E-state index contributed by atoms with van der Waals surface area (Å²) in [5.41, 5.74) is 4.23. The SMILES string of the molecule is COc1cc2ncnc(-c3cn(C)nc3-c3ccccc3)c2cc1C1=CN(C(=O)OC(C)(C)C)CCO1. The van der Waals surface area contributed by atoms with E-state index in [4.69, 9.17) is 19.3 Å². The van der Waals surface area contributed by atoms with Gasteiger partial charge in [-0.15, -0.1) is 0 Å². The van der Waals surface area contributed by atoms with Crippen molar-refractivity contribution >= 4 is 22.8 Å². The Bertz CT molecular complexity index is 1490. The minimum absolute atomic E-state index is 0.325. The van der Waals surface area contributed by atoms with Gasteiger partial charge in [-0.3, -0.25) is 9.58 Å². The molecule has 0 saturated carbocycles. The fraction of sp³-hybridized carbons (Fsp3) is 0.286. The molecule has 0 fully saturated rings. The zero-order chi connectivity index (χ0) is 26.2. The second kappa shape index (κ2) is 9.57. The van der Waals surface area contributed by atoms with Crippen molar-refractivity contribution in [2.75, 3.05) is 20.3 Å². The van der Waals surface area contributed by atoms with Crippen LogP contribution >= 0.6 is 0 Å². The lowest BCUT2D eigenvalue weighted by Gasteiger charge is -2.29. The molecule has 0 N–H and O–H groups in total. The number of carbonyl (C=O) groups excluding carboxylic acids is 1. The highest BCUT2D eigenvalue weighted by molar-refractivity contribution is 5.98. The van der Waals surface area contributed by atoms with E-state index in [-0.39, 0.29) is 0 Å². The lowest BCUT2D eigenvalue weighted by atomic mass is 10.0. The van der Waals surface area contributed by atoms with Crippen LogP contribution in [-0.2, 0) is 16.5 Å². The summed E-state index contributed by atoms with van der Waals surface area (Å²) in [5, 5.41) is 5.51. The lowest BCUT2D eigenvalue weighted by Crippen LogP contribution is -2.37. The molecule has 1 aliphatic heterocycles. The topological polar surface area (TPSA) is 91.6 Å². The minimum Gasteiger partial charge on any atom is -0.496 e. The number of hydrogen-bond donors (Lipinski definition) is 0. The lowest BCUT2D eigenvalue weighted by molar-refractivity contribution is 0.0282. The number of methoxy groups -OCH3 is 1. The van der Waals surface area contributed by atoms with Crippen LogP contribution in [0.25, 0.3) is 39.2 Å². The molecule has 5 rings (SSSR count). The Morgan fingerprint density at radius 3 is 2.57 bits per heavy atom. The van der Waals surface area contributed by atoms with Crippen molar-refractivity contribution in [2.24, 2.45) is 7.05 Å². The van der Waals surface area contributed by atoms with Gasteiger partial charge in [-0.05, 0) is 26.8 Å². The van der Waals surface area contributed by atoms with Gasteiger partial charge in [0.15, 0.2) is 0 Å². The van der Waals surface area contributed by atoms with Crippen molar-refractivity contribution in [1.82, 2.24) is 24.6 Å². The first kappa shape index (κ1) is 24.3. The van der Waals surface area contributed by atoms with Gasteiger partial charge in [0.05, 0.1) is 36.6 Å². The van der Waals surface area contributed by atoms with Crippen molar-refractivity contribution < 1.29 is 19.0 Å². The molecule has 3 heterocycles. The summed E-state index contributed by atoms with van der Waals surface area (Å²) in [5.74, 6) is 1.07. The molecule has 37 heavy (non-hydrogen) atoms. The van der Waals surface area contributed by atoms with Gasteiger partial charge in [-0.2, -0.15) is 5.10 Å². The molecular weight excluding hydrogens is 470 g/mol. The van der Waals surface area contributed by atoms with Crippen molar-refractivity contribution in [3.63, 3.8) is 0 Å². The molecule has 1 aliphatic rings. The predicted octanol–water partition coefficient (Wildman–Crippen LogP) is 5.27. The summed E-state index contributed by atoms with van der Waals surface area (Å²) in [7, 11) is 3.48. The smallest absolute Gasteiger partial charge is 0.414 e. The maximum atomic E-state index is 12.7. The monoisotopic (exact) mass is 499 g/mol. The van der Waals surface area contributed by atoms with Gasteiger partial charge in [-0.1, -0.05) is 30.3 Å². The van der Waals surface area contributed by atoms with E-state index in [2.05, 4.69) is 9.97 Å². The Hall–Kier alpha value is -4.40. The molecule has 2 aromatic carbocycles. The molecule has 9 heteroatoms. The average Bonchev–Trinajstić information content (AvgIpc) is 3.28. The number of ether oxygens (including phenoxy) is 3. The maximum Gasteiger partial charge on any atom is 0.414 e. The Kier molecular flexibility index (Phi) is 6.29. The van der Waals surface area contributed by atoms with Gasteiger partial charge in [0.2, 0.25) is 0 Å². The van der Waals surface area contributed by atoms with Crippen LogP contribution in [0.1, 0.15) is 26.3 Å². The third kappa shape index (κ3) is 4.97. The maximum absolute atomic E-state index is 12.7. The van der Waals surface area contributed by atoms with E-state index in [1.54, 1.807) is 24.3 Å². The van der Waals surface area contributed by atoms with Gasteiger partial charge in [-0.25, -0.2) is 14.8 Å². The van der Waals surface area contributed by atoms with Crippen molar-refractivity contribution in [2.45, 2.75) is 26.4 Å². The molecule has 9 nitrogen and oxygen atoms in total. The van der Waals surface area contributed by atoms with E-state index < -0.39 is 11.7 Å². The van der Waals surface area contributed by atoms with Crippen LogP contribution in [0.5, 0.6) is 5.75 Å². The van der Waals surface area contributed by atoms with Crippen LogP contribution in [0.4, 0.5) is 4.79 Å². The third-order valence-electron chi connectivity index (χ3n) is 5.84. The van der Waals surface area contributed by atoms with Crippen molar-refractivity contribution in [3.05, 3.63) is 66.8 Å². The summed E-state index contributed by atoms with van der Waals surface area (Å²) in [6.07, 6.45) is 4.72. The van der Waals surface area contributed by atoms with Crippen LogP contribution in [0.3, 0.4) is 0 Å². The molecule has 0 bridgehead atoms. The highest BCUT2D eigenvalue weighted by Crippen LogP contribution is 2.38. The molecule has 1 amide bonds. The van der Waals surface area contributed by atoms with Crippen LogP contribution in [0.2, 0.25) is 0 Å². The van der Waals surface area contributed by atoms with Crippen LogP contribution in [0.15, 0.2) is 61.2 Å². The minimum atomic E-state index is -0.601. The highest BCUT2D eigenvalue weighted by Gasteiger charge is 2.26. The second-order valence-electron chi connectivity index (χ2n) is 9.74. The Balaban J connectivity index is 1.64. The van der Waals surface area contributed by atoms with Gasteiger partial charge in [0.1, 0.15) is 35.7 Å². The molecule has 0 radical (unpaired) electrons. The number of carbonyl (C=O) groups is 1. The molecular formula is C28H29N5O4. The van der Waals surface area contributed by atoms with Gasteiger partial charge >= 0.3 is 6.09 Å². The standard InChI is InChI=1S/C28H29N5O4/c1-28(2,3)37-27(34)33-11-12-36-24(16-33)20-13-19-22(14-23(20)35-5)29-17-30-26(19)21-15-32(4)31-25(21)18-9-7-6-8-10-18/h6-10,13-17H,11-12H2,1-5H3. The van der Waals surface area contributed by atoms with Crippen molar-refractivity contribution in [1.29, 1.82) is 0 Å². The number of benzene rings is 2. The third-order valence-corrected chi connectivity index (χ3v) is 5.84. The molecule has 0 spiro atoms. The van der Waals surface area contributed by atoms with E-state index in [0.717, 1.165) is 27.9 Å². The van der Waals surface area contributed by atoms with Gasteiger partial charge in [0.25, 0.3) is 0 Å². The van der Waals surface area contributed by atoms with Crippen LogP contribution < -0.4 is 4.74 Å². The van der Waals surface area contributed by atoms with Crippen LogP contribution in [-0.4, -0.2) is 56.6 Å². The van der Waals surface area contributed by atoms with E-state index in [0.29, 0.717) is 35.7 Å². The van der Waals surface area contributed by atoms with E-state index in [9.17, 15) is 4.79 Å². The number of amides is 1. The normalized spacial score (nSPS) is 13.8. The summed E-state index contributed by atoms with van der Waals surface area (Å²) in [6.45, 7) is 6.23. The number of aromatic nitrogens is 4. The number of hydrogen-bond acceptors (Lipinski definition) is 7. The Morgan fingerprint density at radius 2 is 1.84 bits per heavy atom. The molecule has 4 aromatic rings. The van der Waals surface area contributed by atoms with E-state index >= 15 is 0 Å². The number of aryl methyl sites for hydroxylation is 1. The molecule has 2 aromatic heterocycles. The Morgan fingerprint density at radius 1 is 1.05 bits per heavy atom. The summed E-state index contributed by atoms with van der Waals surface area (Å²) in [4.78, 5) is 23.4. The number of nitrogens with zero attached hydrogens (tertiary/aromatic N) is 5.